The van der Waals surface area contributed by atoms with Crippen molar-refractivity contribution in [1.82, 2.24) is 0 Å². The number of esters is 1. The Balaban J connectivity index is 1.59. The number of carbonyl (C=O) groups excluding carboxylic acids is 1. The maximum absolute atomic E-state index is 14.5. The first-order chi connectivity index (χ1) is 18.2. The van der Waals surface area contributed by atoms with Gasteiger partial charge >= 0.3 is 12.3 Å². The number of alkyl halides is 3. The summed E-state index contributed by atoms with van der Waals surface area (Å²) in [6.07, 6.45) is -2.15. The van der Waals surface area contributed by atoms with Crippen molar-refractivity contribution in [1.29, 1.82) is 0 Å². The summed E-state index contributed by atoms with van der Waals surface area (Å²) in [4.78, 5) is 17.5. The molecule has 0 saturated heterocycles. The van der Waals surface area contributed by atoms with E-state index in [1.165, 1.54) is 30.3 Å². The highest BCUT2D eigenvalue weighted by atomic mass is 19.4. The molecule has 0 spiro atoms. The predicted octanol–water partition coefficient (Wildman–Crippen LogP) is 7.81. The van der Waals surface area contributed by atoms with E-state index in [-0.39, 0.29) is 30.1 Å². The molecule has 4 rings (SSSR count). The summed E-state index contributed by atoms with van der Waals surface area (Å²) in [6.45, 7) is 2.29. The monoisotopic (exact) mass is 531 g/mol. The van der Waals surface area contributed by atoms with Gasteiger partial charge in [0, 0.05) is 12.1 Å². The van der Waals surface area contributed by atoms with Crippen LogP contribution in [-0.4, -0.2) is 24.7 Å². The van der Waals surface area contributed by atoms with E-state index >= 15 is 0 Å². The van der Waals surface area contributed by atoms with Gasteiger partial charge in [-0.2, -0.15) is 0 Å². The largest absolute Gasteiger partial charge is 0.573 e. The summed E-state index contributed by atoms with van der Waals surface area (Å²) < 4.78 is 75.6. The van der Waals surface area contributed by atoms with E-state index in [2.05, 4.69) is 9.73 Å². The normalized spacial score (nSPS) is 17.3. The van der Waals surface area contributed by atoms with Gasteiger partial charge in [0.15, 0.2) is 0 Å². The maximum atomic E-state index is 14.5. The summed E-state index contributed by atoms with van der Waals surface area (Å²) in [7, 11) is 0. The molecule has 0 saturated carbocycles. The molecule has 1 aliphatic heterocycles. The minimum Gasteiger partial charge on any atom is -0.465 e. The molecule has 0 N–H and O–H groups in total. The number of hydrogen-bond acceptors (Lipinski definition) is 4. The van der Waals surface area contributed by atoms with Crippen LogP contribution in [0, 0.1) is 17.6 Å². The van der Waals surface area contributed by atoms with Crippen molar-refractivity contribution >= 4 is 11.7 Å². The average molecular weight is 532 g/mol. The molecule has 0 aromatic heterocycles. The van der Waals surface area contributed by atoms with Gasteiger partial charge < -0.3 is 9.47 Å². The van der Waals surface area contributed by atoms with Crippen molar-refractivity contribution in [2.24, 2.45) is 10.9 Å². The first-order valence-electron chi connectivity index (χ1n) is 12.3. The number of nitrogens with zero attached hydrogens (tertiary/aromatic N) is 1. The standard InChI is InChI=1S/C29H26F5NO3/c1-2-3-4-16-37-28(36)22-17-25(26-23(30)6-5-7-24(26)31)35-27(22)20-10-8-18(9-11-20)19-12-14-21(15-13-19)38-29(32,33)34/h5-15,22,27H,2-4,16-17H2,1H3/t22-,27?/m0/s1. The van der Waals surface area contributed by atoms with Crippen molar-refractivity contribution in [2.45, 2.75) is 45.0 Å². The number of carbonyl (C=O) groups is 1. The third-order valence-corrected chi connectivity index (χ3v) is 6.31. The Bertz CT molecular complexity index is 1270. The molecule has 2 atom stereocenters. The Morgan fingerprint density at radius 2 is 1.53 bits per heavy atom. The lowest BCUT2D eigenvalue weighted by atomic mass is 9.90. The summed E-state index contributed by atoms with van der Waals surface area (Å²) in [5, 5.41) is 0. The van der Waals surface area contributed by atoms with Gasteiger partial charge in [-0.05, 0) is 47.4 Å². The maximum Gasteiger partial charge on any atom is 0.573 e. The van der Waals surface area contributed by atoms with E-state index in [4.69, 9.17) is 4.74 Å². The van der Waals surface area contributed by atoms with Gasteiger partial charge in [0.25, 0.3) is 0 Å². The fraction of sp³-hybridized carbons (Fsp3) is 0.310. The number of unbranched alkanes of at least 4 members (excludes halogenated alkanes) is 2. The summed E-state index contributed by atoms with van der Waals surface area (Å²) in [6, 6.07) is 15.3. The van der Waals surface area contributed by atoms with E-state index < -0.39 is 35.9 Å². The van der Waals surface area contributed by atoms with Gasteiger partial charge in [0.2, 0.25) is 0 Å². The Kier molecular flexibility index (Phi) is 8.44. The molecule has 0 amide bonds. The highest BCUT2D eigenvalue weighted by Crippen LogP contribution is 2.39. The molecule has 4 nitrogen and oxygen atoms in total. The van der Waals surface area contributed by atoms with Crippen LogP contribution in [0.2, 0.25) is 0 Å². The van der Waals surface area contributed by atoms with Crippen molar-refractivity contribution in [2.75, 3.05) is 6.61 Å². The molecule has 1 aliphatic rings. The summed E-state index contributed by atoms with van der Waals surface area (Å²) >= 11 is 0. The molecular weight excluding hydrogens is 505 g/mol. The quantitative estimate of drug-likeness (QED) is 0.161. The molecule has 0 radical (unpaired) electrons. The van der Waals surface area contributed by atoms with Crippen molar-refractivity contribution in [3.63, 3.8) is 0 Å². The average Bonchev–Trinajstić information content (AvgIpc) is 3.31. The van der Waals surface area contributed by atoms with Crippen LogP contribution in [0.4, 0.5) is 22.0 Å². The van der Waals surface area contributed by atoms with Gasteiger partial charge in [0.05, 0.1) is 24.1 Å². The summed E-state index contributed by atoms with van der Waals surface area (Å²) in [5.41, 5.74) is 1.92. The Morgan fingerprint density at radius 3 is 2.11 bits per heavy atom. The van der Waals surface area contributed by atoms with Crippen molar-refractivity contribution in [3.8, 4) is 16.9 Å². The van der Waals surface area contributed by atoms with E-state index in [0.717, 1.165) is 31.4 Å². The zero-order valence-corrected chi connectivity index (χ0v) is 20.6. The SMILES string of the molecule is CCCCCOC(=O)[C@H]1CC(c2c(F)cccc2F)=NC1c1ccc(-c2ccc(OC(F)(F)F)cc2)cc1. The molecule has 38 heavy (non-hydrogen) atoms. The third kappa shape index (κ3) is 6.57. The van der Waals surface area contributed by atoms with Crippen LogP contribution in [0.1, 0.15) is 49.8 Å². The molecule has 200 valence electrons. The number of aliphatic imine (C=N–C) groups is 1. The fourth-order valence-corrected chi connectivity index (χ4v) is 4.44. The second-order valence-electron chi connectivity index (χ2n) is 9.00. The molecule has 3 aromatic rings. The van der Waals surface area contributed by atoms with Crippen LogP contribution >= 0.6 is 0 Å². The molecule has 0 aliphatic carbocycles. The number of halogens is 5. The fourth-order valence-electron chi connectivity index (χ4n) is 4.44. The Morgan fingerprint density at radius 1 is 0.921 bits per heavy atom. The molecular formula is C29H26F5NO3. The smallest absolute Gasteiger partial charge is 0.465 e. The van der Waals surface area contributed by atoms with Crippen LogP contribution in [-0.2, 0) is 9.53 Å². The van der Waals surface area contributed by atoms with E-state index in [1.54, 1.807) is 24.3 Å². The van der Waals surface area contributed by atoms with Crippen LogP contribution < -0.4 is 4.74 Å². The van der Waals surface area contributed by atoms with Gasteiger partial charge in [-0.25, -0.2) is 8.78 Å². The molecule has 3 aromatic carbocycles. The number of rotatable bonds is 9. The lowest BCUT2D eigenvalue weighted by molar-refractivity contribution is -0.274. The summed E-state index contributed by atoms with van der Waals surface area (Å²) in [5.74, 6) is -3.08. The van der Waals surface area contributed by atoms with E-state index in [1.807, 2.05) is 6.92 Å². The number of ether oxygens (including phenoxy) is 2. The number of benzene rings is 3. The second kappa shape index (κ2) is 11.8. The lowest BCUT2D eigenvalue weighted by Crippen LogP contribution is -2.22. The zero-order chi connectivity index (χ0) is 27.3. The second-order valence-corrected chi connectivity index (χ2v) is 9.00. The molecule has 1 unspecified atom stereocenters. The van der Waals surface area contributed by atoms with Crippen LogP contribution in [0.5, 0.6) is 5.75 Å². The van der Waals surface area contributed by atoms with Crippen molar-refractivity contribution in [3.05, 3.63) is 89.5 Å². The van der Waals surface area contributed by atoms with Gasteiger partial charge in [-0.3, -0.25) is 9.79 Å². The highest BCUT2D eigenvalue weighted by Gasteiger charge is 2.39. The van der Waals surface area contributed by atoms with Gasteiger partial charge in [-0.1, -0.05) is 62.2 Å². The van der Waals surface area contributed by atoms with Gasteiger partial charge in [0.1, 0.15) is 17.4 Å². The molecule has 9 heteroatoms. The first kappa shape index (κ1) is 27.3. The predicted molar refractivity (Wildman–Crippen MR) is 133 cm³/mol. The first-order valence-corrected chi connectivity index (χ1v) is 12.3. The van der Waals surface area contributed by atoms with Crippen molar-refractivity contribution < 1.29 is 36.2 Å². The van der Waals surface area contributed by atoms with Crippen LogP contribution in [0.3, 0.4) is 0 Å². The minimum absolute atomic E-state index is 0.0253. The minimum atomic E-state index is -4.77. The zero-order valence-electron chi connectivity index (χ0n) is 20.6. The Hall–Kier alpha value is -3.75. The topological polar surface area (TPSA) is 47.9 Å². The molecule has 1 heterocycles. The van der Waals surface area contributed by atoms with E-state index in [0.29, 0.717) is 16.7 Å². The number of hydrogen-bond donors (Lipinski definition) is 0. The molecule has 0 bridgehead atoms. The highest BCUT2D eigenvalue weighted by molar-refractivity contribution is 6.04. The van der Waals surface area contributed by atoms with Gasteiger partial charge in [-0.15, -0.1) is 13.2 Å². The van der Waals surface area contributed by atoms with Crippen LogP contribution in [0.25, 0.3) is 11.1 Å². The third-order valence-electron chi connectivity index (χ3n) is 6.31. The lowest BCUT2D eigenvalue weighted by Gasteiger charge is -2.18. The molecule has 0 fully saturated rings. The Labute approximate surface area is 217 Å². The van der Waals surface area contributed by atoms with E-state index in [9.17, 15) is 26.7 Å². The van der Waals surface area contributed by atoms with Crippen LogP contribution in [0.15, 0.2) is 71.7 Å².